The summed E-state index contributed by atoms with van der Waals surface area (Å²) in [6.45, 7) is 3.66. The van der Waals surface area contributed by atoms with Gasteiger partial charge in [-0.1, -0.05) is 17.2 Å². The maximum atomic E-state index is 9.01. The van der Waals surface area contributed by atoms with Crippen LogP contribution >= 0.6 is 0 Å². The van der Waals surface area contributed by atoms with Crippen molar-refractivity contribution in [3.8, 4) is 11.8 Å². The molecule has 2 rings (SSSR count). The van der Waals surface area contributed by atoms with Crippen molar-refractivity contribution in [2.45, 2.75) is 20.5 Å². The van der Waals surface area contributed by atoms with Gasteiger partial charge >= 0.3 is 6.01 Å². The lowest BCUT2D eigenvalue weighted by molar-refractivity contribution is 0.281. The van der Waals surface area contributed by atoms with E-state index >= 15 is 0 Å². The van der Waals surface area contributed by atoms with Gasteiger partial charge in [0.1, 0.15) is 5.75 Å². The molecular weight excluding hydrogens is 218 g/mol. The molecule has 0 aliphatic heterocycles. The highest BCUT2D eigenvalue weighted by molar-refractivity contribution is 5.30. The first-order valence-electron chi connectivity index (χ1n) is 5.24. The molecule has 1 aromatic carbocycles. The van der Waals surface area contributed by atoms with Crippen LogP contribution < -0.4 is 4.74 Å². The highest BCUT2D eigenvalue weighted by Gasteiger charge is 2.04. The molecule has 17 heavy (non-hydrogen) atoms. The Morgan fingerprint density at radius 2 is 2.00 bits per heavy atom. The zero-order valence-corrected chi connectivity index (χ0v) is 9.71. The van der Waals surface area contributed by atoms with Crippen molar-refractivity contribution in [2.75, 3.05) is 0 Å². The number of rotatable bonds is 3. The molecule has 1 heterocycles. The van der Waals surface area contributed by atoms with Gasteiger partial charge in [0.15, 0.2) is 0 Å². The molecule has 0 atom stereocenters. The first-order valence-corrected chi connectivity index (χ1v) is 5.24. The molecule has 88 valence electrons. The van der Waals surface area contributed by atoms with Crippen molar-refractivity contribution in [3.05, 3.63) is 41.2 Å². The third kappa shape index (κ3) is 2.76. The van der Waals surface area contributed by atoms with Crippen molar-refractivity contribution < 1.29 is 9.84 Å². The van der Waals surface area contributed by atoms with Crippen molar-refractivity contribution >= 4 is 0 Å². The van der Waals surface area contributed by atoms with E-state index in [1.807, 2.05) is 19.9 Å². The minimum absolute atomic E-state index is 0.0246. The summed E-state index contributed by atoms with van der Waals surface area (Å²) in [6.07, 6.45) is 0. The Kier molecular flexibility index (Phi) is 3.30. The SMILES string of the molecule is Cc1nnc(Oc2cccc(CO)c2)nc1C. The third-order valence-corrected chi connectivity index (χ3v) is 2.36. The van der Waals surface area contributed by atoms with Crippen LogP contribution in [-0.2, 0) is 6.61 Å². The normalized spacial score (nSPS) is 10.3. The Balaban J connectivity index is 2.22. The number of aliphatic hydroxyl groups excluding tert-OH is 1. The van der Waals surface area contributed by atoms with Gasteiger partial charge in [-0.3, -0.25) is 0 Å². The van der Waals surface area contributed by atoms with Gasteiger partial charge in [-0.2, -0.15) is 4.98 Å². The Hall–Kier alpha value is -2.01. The van der Waals surface area contributed by atoms with E-state index in [1.54, 1.807) is 18.2 Å². The zero-order chi connectivity index (χ0) is 12.3. The predicted molar refractivity (Wildman–Crippen MR) is 61.7 cm³/mol. The Morgan fingerprint density at radius 3 is 2.71 bits per heavy atom. The maximum Gasteiger partial charge on any atom is 0.341 e. The summed E-state index contributed by atoms with van der Waals surface area (Å²) in [6, 6.07) is 7.33. The highest BCUT2D eigenvalue weighted by Crippen LogP contribution is 2.19. The molecular formula is C12H13N3O2. The van der Waals surface area contributed by atoms with Crippen LogP contribution in [0, 0.1) is 13.8 Å². The van der Waals surface area contributed by atoms with E-state index in [0.717, 1.165) is 17.0 Å². The minimum atomic E-state index is -0.0246. The van der Waals surface area contributed by atoms with Gasteiger partial charge in [0, 0.05) is 0 Å². The lowest BCUT2D eigenvalue weighted by atomic mass is 10.2. The van der Waals surface area contributed by atoms with E-state index in [1.165, 1.54) is 0 Å². The Morgan fingerprint density at radius 1 is 1.18 bits per heavy atom. The van der Waals surface area contributed by atoms with E-state index < -0.39 is 0 Å². The number of benzene rings is 1. The number of nitrogens with zero attached hydrogens (tertiary/aromatic N) is 3. The molecule has 0 fully saturated rings. The van der Waals surface area contributed by atoms with Crippen LogP contribution in [0.2, 0.25) is 0 Å². The summed E-state index contributed by atoms with van der Waals surface area (Å²) < 4.78 is 5.46. The summed E-state index contributed by atoms with van der Waals surface area (Å²) in [5, 5.41) is 16.8. The number of aromatic nitrogens is 3. The van der Waals surface area contributed by atoms with Crippen LogP contribution in [0.15, 0.2) is 24.3 Å². The van der Waals surface area contributed by atoms with E-state index in [0.29, 0.717) is 5.75 Å². The summed E-state index contributed by atoms with van der Waals surface area (Å²) in [5.74, 6) is 0.585. The van der Waals surface area contributed by atoms with Crippen molar-refractivity contribution in [1.82, 2.24) is 15.2 Å². The number of aryl methyl sites for hydroxylation is 2. The summed E-state index contributed by atoms with van der Waals surface area (Å²) in [4.78, 5) is 4.17. The molecule has 1 aromatic heterocycles. The molecule has 0 amide bonds. The number of hydrogen-bond donors (Lipinski definition) is 1. The van der Waals surface area contributed by atoms with Crippen molar-refractivity contribution in [1.29, 1.82) is 0 Å². The Labute approximate surface area is 99.1 Å². The number of aliphatic hydroxyl groups is 1. The molecule has 0 unspecified atom stereocenters. The molecule has 0 aliphatic carbocycles. The van der Waals surface area contributed by atoms with Gasteiger partial charge in [-0.15, -0.1) is 5.10 Å². The summed E-state index contributed by atoms with van der Waals surface area (Å²) in [7, 11) is 0. The summed E-state index contributed by atoms with van der Waals surface area (Å²) >= 11 is 0. The molecule has 2 aromatic rings. The molecule has 5 nitrogen and oxygen atoms in total. The van der Waals surface area contributed by atoms with Crippen LogP contribution in [0.3, 0.4) is 0 Å². The third-order valence-electron chi connectivity index (χ3n) is 2.36. The monoisotopic (exact) mass is 231 g/mol. The first kappa shape index (κ1) is 11.5. The lowest BCUT2D eigenvalue weighted by Crippen LogP contribution is -1.99. The topological polar surface area (TPSA) is 68.1 Å². The molecule has 0 aliphatic rings. The maximum absolute atomic E-state index is 9.01. The van der Waals surface area contributed by atoms with Gasteiger partial charge in [-0.05, 0) is 31.5 Å². The van der Waals surface area contributed by atoms with E-state index in [-0.39, 0.29) is 12.6 Å². The van der Waals surface area contributed by atoms with Crippen molar-refractivity contribution in [2.24, 2.45) is 0 Å². The van der Waals surface area contributed by atoms with Gasteiger partial charge in [0.05, 0.1) is 18.0 Å². The average molecular weight is 231 g/mol. The van der Waals surface area contributed by atoms with E-state index in [2.05, 4.69) is 15.2 Å². The van der Waals surface area contributed by atoms with Crippen LogP contribution in [0.5, 0.6) is 11.8 Å². The fourth-order valence-corrected chi connectivity index (χ4v) is 1.29. The smallest absolute Gasteiger partial charge is 0.341 e. The predicted octanol–water partition coefficient (Wildman–Crippen LogP) is 1.77. The second kappa shape index (κ2) is 4.88. The minimum Gasteiger partial charge on any atom is -0.423 e. The second-order valence-electron chi connectivity index (χ2n) is 3.67. The molecule has 0 radical (unpaired) electrons. The van der Waals surface area contributed by atoms with E-state index in [4.69, 9.17) is 9.84 Å². The molecule has 0 bridgehead atoms. The van der Waals surface area contributed by atoms with E-state index in [9.17, 15) is 0 Å². The van der Waals surface area contributed by atoms with Crippen LogP contribution in [0.25, 0.3) is 0 Å². The quantitative estimate of drug-likeness (QED) is 0.871. The van der Waals surface area contributed by atoms with Crippen molar-refractivity contribution in [3.63, 3.8) is 0 Å². The van der Waals surface area contributed by atoms with Gasteiger partial charge in [0.25, 0.3) is 0 Å². The summed E-state index contributed by atoms with van der Waals surface area (Å²) in [5.41, 5.74) is 2.34. The molecule has 1 N–H and O–H groups in total. The first-order chi connectivity index (χ1) is 8.19. The zero-order valence-electron chi connectivity index (χ0n) is 9.71. The largest absolute Gasteiger partial charge is 0.423 e. The number of hydrogen-bond acceptors (Lipinski definition) is 5. The molecule has 5 heteroatoms. The van der Waals surface area contributed by atoms with Gasteiger partial charge in [-0.25, -0.2) is 0 Å². The van der Waals surface area contributed by atoms with Crippen LogP contribution in [-0.4, -0.2) is 20.3 Å². The number of ether oxygens (including phenoxy) is 1. The fourth-order valence-electron chi connectivity index (χ4n) is 1.29. The molecule has 0 saturated carbocycles. The lowest BCUT2D eigenvalue weighted by Gasteiger charge is -2.05. The van der Waals surface area contributed by atoms with Gasteiger partial charge in [0.2, 0.25) is 0 Å². The second-order valence-corrected chi connectivity index (χ2v) is 3.67. The van der Waals surface area contributed by atoms with Crippen LogP contribution in [0.4, 0.5) is 0 Å². The fraction of sp³-hybridized carbons (Fsp3) is 0.250. The average Bonchev–Trinajstić information content (AvgIpc) is 2.34. The van der Waals surface area contributed by atoms with Crippen LogP contribution in [0.1, 0.15) is 17.0 Å². The Bertz CT molecular complexity index is 529. The standard InChI is InChI=1S/C12H13N3O2/c1-8-9(2)14-15-12(13-8)17-11-5-3-4-10(6-11)7-16/h3-6,16H,7H2,1-2H3. The molecule has 0 spiro atoms. The molecule has 0 saturated heterocycles. The van der Waals surface area contributed by atoms with Gasteiger partial charge < -0.3 is 9.84 Å². The highest BCUT2D eigenvalue weighted by atomic mass is 16.5.